The van der Waals surface area contributed by atoms with E-state index in [4.69, 9.17) is 9.47 Å². The minimum atomic E-state index is -1.31. The molecule has 0 spiro atoms. The van der Waals surface area contributed by atoms with E-state index in [2.05, 4.69) is 10.6 Å². The summed E-state index contributed by atoms with van der Waals surface area (Å²) in [4.78, 5) is 36.9. The zero-order valence-electron chi connectivity index (χ0n) is 16.4. The van der Waals surface area contributed by atoms with Crippen molar-refractivity contribution in [1.82, 2.24) is 5.32 Å². The van der Waals surface area contributed by atoms with Gasteiger partial charge in [-0.2, -0.15) is 0 Å². The molecule has 1 atom stereocenters. The lowest BCUT2D eigenvalue weighted by Gasteiger charge is -2.29. The third-order valence-electron chi connectivity index (χ3n) is 4.31. The van der Waals surface area contributed by atoms with Crippen molar-refractivity contribution in [2.75, 3.05) is 5.32 Å². The summed E-state index contributed by atoms with van der Waals surface area (Å²) < 4.78 is 10.1. The molecule has 0 saturated carbocycles. The molecule has 1 fully saturated rings. The van der Waals surface area contributed by atoms with E-state index in [9.17, 15) is 14.4 Å². The Morgan fingerprint density at radius 1 is 0.966 bits per heavy atom. The van der Waals surface area contributed by atoms with E-state index in [1.54, 1.807) is 24.3 Å². The van der Waals surface area contributed by atoms with E-state index in [-0.39, 0.29) is 17.5 Å². The summed E-state index contributed by atoms with van der Waals surface area (Å²) in [5, 5.41) is 5.78. The number of hydrogen-bond acceptors (Lipinski definition) is 6. The molecule has 3 rings (SSSR count). The fraction of sp³-hybridized carbons (Fsp3) is 0.227. The molecule has 1 aliphatic rings. The van der Waals surface area contributed by atoms with E-state index in [1.807, 2.05) is 37.3 Å². The fourth-order valence-electron chi connectivity index (χ4n) is 2.83. The van der Waals surface area contributed by atoms with Crippen LogP contribution in [0.5, 0.6) is 0 Å². The van der Waals surface area contributed by atoms with Gasteiger partial charge < -0.3 is 20.1 Å². The zero-order valence-corrected chi connectivity index (χ0v) is 16.4. The predicted molar refractivity (Wildman–Crippen MR) is 107 cm³/mol. The highest BCUT2D eigenvalue weighted by atomic mass is 16.7. The summed E-state index contributed by atoms with van der Waals surface area (Å²) in [6, 6.07) is 16.2. The van der Waals surface area contributed by atoms with Gasteiger partial charge in [0.2, 0.25) is 0 Å². The van der Waals surface area contributed by atoms with Crippen LogP contribution in [0.4, 0.5) is 5.69 Å². The van der Waals surface area contributed by atoms with Crippen LogP contribution in [0.25, 0.3) is 0 Å². The van der Waals surface area contributed by atoms with Crippen molar-refractivity contribution in [3.05, 3.63) is 77.5 Å². The van der Waals surface area contributed by atoms with Crippen LogP contribution in [-0.4, -0.2) is 23.6 Å². The molecule has 2 N–H and O–H groups in total. The molecular formula is C22H22N2O5. The summed E-state index contributed by atoms with van der Waals surface area (Å²) in [5.74, 6) is -3.19. The molecule has 29 heavy (non-hydrogen) atoms. The number of hydrogen-bond donors (Lipinski definition) is 2. The smallest absolute Gasteiger partial charge is 0.350 e. The number of benzene rings is 2. The maximum absolute atomic E-state index is 12.8. The van der Waals surface area contributed by atoms with Crippen molar-refractivity contribution in [2.45, 2.75) is 32.6 Å². The molecule has 7 heteroatoms. The number of para-hydroxylation sites is 1. The number of anilines is 1. The lowest BCUT2D eigenvalue weighted by molar-refractivity contribution is -0.222. The van der Waals surface area contributed by atoms with Gasteiger partial charge in [-0.05, 0) is 24.6 Å². The Hall–Kier alpha value is -3.61. The van der Waals surface area contributed by atoms with Crippen molar-refractivity contribution < 1.29 is 23.9 Å². The molecule has 2 aromatic rings. The third kappa shape index (κ3) is 4.82. The Morgan fingerprint density at radius 3 is 2.21 bits per heavy atom. The van der Waals surface area contributed by atoms with Gasteiger partial charge in [0.25, 0.3) is 11.7 Å². The fourth-order valence-corrected chi connectivity index (χ4v) is 2.83. The Morgan fingerprint density at radius 2 is 1.55 bits per heavy atom. The molecule has 1 saturated heterocycles. The number of nitrogens with one attached hydrogen (secondary N) is 2. The van der Waals surface area contributed by atoms with Gasteiger partial charge >= 0.3 is 11.9 Å². The van der Waals surface area contributed by atoms with Gasteiger partial charge in [-0.3, -0.25) is 4.79 Å². The van der Waals surface area contributed by atoms with Gasteiger partial charge in [-0.1, -0.05) is 42.5 Å². The van der Waals surface area contributed by atoms with Crippen LogP contribution in [0.1, 0.15) is 42.7 Å². The lowest BCUT2D eigenvalue weighted by atomic mass is 10.1. The molecule has 1 aliphatic heterocycles. The molecule has 0 bridgehead atoms. The minimum absolute atomic E-state index is 0.194. The van der Waals surface area contributed by atoms with Crippen LogP contribution in [-0.2, 0) is 19.1 Å². The highest BCUT2D eigenvalue weighted by Crippen LogP contribution is 2.23. The van der Waals surface area contributed by atoms with Crippen molar-refractivity contribution in [3.63, 3.8) is 0 Å². The minimum Gasteiger partial charge on any atom is -0.419 e. The van der Waals surface area contributed by atoms with E-state index in [0.29, 0.717) is 11.3 Å². The first kappa shape index (κ1) is 20.1. The molecule has 0 aromatic heterocycles. The SMILES string of the molecule is CC(NC(=O)c1ccccc1NC=C1C(=O)OC(C)(C)OC1=O)c1ccccc1. The molecule has 7 nitrogen and oxygen atoms in total. The van der Waals surface area contributed by atoms with Crippen molar-refractivity contribution in [2.24, 2.45) is 0 Å². The topological polar surface area (TPSA) is 93.7 Å². The second-order valence-electron chi connectivity index (χ2n) is 7.03. The van der Waals surface area contributed by atoms with E-state index in [1.165, 1.54) is 20.0 Å². The van der Waals surface area contributed by atoms with Crippen LogP contribution >= 0.6 is 0 Å². The monoisotopic (exact) mass is 394 g/mol. The molecule has 1 amide bonds. The summed E-state index contributed by atoms with van der Waals surface area (Å²) in [6.07, 6.45) is 1.19. The number of cyclic esters (lactones) is 2. The van der Waals surface area contributed by atoms with Crippen LogP contribution in [0, 0.1) is 0 Å². The summed E-state index contributed by atoms with van der Waals surface area (Å²) in [6.45, 7) is 4.84. The maximum atomic E-state index is 12.8. The van der Waals surface area contributed by atoms with Crippen LogP contribution in [0.2, 0.25) is 0 Å². The number of esters is 2. The average Bonchev–Trinajstić information content (AvgIpc) is 2.67. The number of carbonyl (C=O) groups is 3. The second kappa shape index (κ2) is 8.18. The van der Waals surface area contributed by atoms with Gasteiger partial charge in [0.1, 0.15) is 0 Å². The number of ether oxygens (including phenoxy) is 2. The first-order valence-electron chi connectivity index (χ1n) is 9.15. The van der Waals surface area contributed by atoms with Gasteiger partial charge in [-0.25, -0.2) is 9.59 Å². The van der Waals surface area contributed by atoms with Crippen LogP contribution < -0.4 is 10.6 Å². The average molecular weight is 394 g/mol. The van der Waals surface area contributed by atoms with Crippen molar-refractivity contribution >= 4 is 23.5 Å². The number of rotatable bonds is 5. The number of carbonyl (C=O) groups excluding carboxylic acids is 3. The van der Waals surface area contributed by atoms with Crippen LogP contribution in [0.15, 0.2) is 66.4 Å². The highest BCUT2D eigenvalue weighted by Gasteiger charge is 2.39. The van der Waals surface area contributed by atoms with Crippen molar-refractivity contribution in [1.29, 1.82) is 0 Å². The van der Waals surface area contributed by atoms with Gasteiger partial charge in [0.05, 0.1) is 17.3 Å². The predicted octanol–water partition coefficient (Wildman–Crippen LogP) is 3.31. The molecule has 0 aliphatic carbocycles. The second-order valence-corrected chi connectivity index (χ2v) is 7.03. The summed E-state index contributed by atoms with van der Waals surface area (Å²) in [5.41, 5.74) is 1.49. The third-order valence-corrected chi connectivity index (χ3v) is 4.31. The zero-order chi connectivity index (χ0) is 21.0. The largest absolute Gasteiger partial charge is 0.419 e. The summed E-state index contributed by atoms with van der Waals surface area (Å²) >= 11 is 0. The van der Waals surface area contributed by atoms with E-state index < -0.39 is 17.7 Å². The Bertz CT molecular complexity index is 944. The van der Waals surface area contributed by atoms with Crippen molar-refractivity contribution in [3.8, 4) is 0 Å². The Labute approximate surface area is 168 Å². The normalized spacial score (nSPS) is 16.3. The molecule has 2 aromatic carbocycles. The lowest BCUT2D eigenvalue weighted by Crippen LogP contribution is -2.42. The van der Waals surface area contributed by atoms with Gasteiger partial charge in [-0.15, -0.1) is 0 Å². The number of amides is 1. The Balaban J connectivity index is 1.76. The molecule has 1 heterocycles. The first-order valence-corrected chi connectivity index (χ1v) is 9.15. The summed E-state index contributed by atoms with van der Waals surface area (Å²) in [7, 11) is 0. The van der Waals surface area contributed by atoms with Gasteiger partial charge in [0.15, 0.2) is 5.57 Å². The first-order chi connectivity index (χ1) is 13.8. The van der Waals surface area contributed by atoms with E-state index >= 15 is 0 Å². The molecule has 1 unspecified atom stereocenters. The molecule has 150 valence electrons. The molecular weight excluding hydrogens is 372 g/mol. The quantitative estimate of drug-likeness (QED) is 0.459. The van der Waals surface area contributed by atoms with E-state index in [0.717, 1.165) is 5.56 Å². The maximum Gasteiger partial charge on any atom is 0.350 e. The molecule has 0 radical (unpaired) electrons. The standard InChI is InChI=1S/C22H22N2O5/c1-14(15-9-5-4-6-10-15)24-19(25)16-11-7-8-12-18(16)23-13-17-20(26)28-22(2,3)29-21(17)27/h4-14,23H,1-3H3,(H,24,25). The van der Waals surface area contributed by atoms with Gasteiger partial charge in [0, 0.05) is 20.0 Å². The van der Waals surface area contributed by atoms with Crippen LogP contribution in [0.3, 0.4) is 0 Å². The highest BCUT2D eigenvalue weighted by molar-refractivity contribution is 6.15. The Kier molecular flexibility index (Phi) is 5.68.